The van der Waals surface area contributed by atoms with Crippen LogP contribution < -0.4 is 21.3 Å². The van der Waals surface area contributed by atoms with Crippen LogP contribution in [0, 0.1) is 0 Å². The zero-order valence-electron chi connectivity index (χ0n) is 14.8. The fourth-order valence-corrected chi connectivity index (χ4v) is 2.69. The number of aliphatic hydroxyl groups excluding tert-OH is 2. The quantitative estimate of drug-likeness (QED) is 0.408. The van der Waals surface area contributed by atoms with Gasteiger partial charge in [0.2, 0.25) is 5.95 Å². The van der Waals surface area contributed by atoms with Crippen molar-refractivity contribution in [3.05, 3.63) is 51.2 Å². The lowest BCUT2D eigenvalue weighted by Gasteiger charge is -2.15. The number of rotatable bonds is 8. The summed E-state index contributed by atoms with van der Waals surface area (Å²) in [5, 5.41) is 22.3. The van der Waals surface area contributed by atoms with Crippen molar-refractivity contribution in [3.8, 4) is 5.75 Å². The van der Waals surface area contributed by atoms with Gasteiger partial charge in [-0.05, 0) is 12.1 Å². The first kappa shape index (κ1) is 18.7. The average Bonchev–Trinajstić information content (AvgIpc) is 3.02. The number of imidazole rings is 1. The molecule has 10 nitrogen and oxygen atoms in total. The van der Waals surface area contributed by atoms with E-state index in [2.05, 4.69) is 15.3 Å². The molecule has 0 amide bonds. The number of para-hydroxylation sites is 1. The number of hydrogen-bond acceptors (Lipinski definition) is 7. The van der Waals surface area contributed by atoms with E-state index in [4.69, 9.17) is 9.84 Å². The summed E-state index contributed by atoms with van der Waals surface area (Å²) in [6.07, 6.45) is -0.936. The van der Waals surface area contributed by atoms with Gasteiger partial charge in [-0.1, -0.05) is 18.2 Å². The van der Waals surface area contributed by atoms with E-state index < -0.39 is 17.4 Å². The Kier molecular flexibility index (Phi) is 5.57. The Hall–Kier alpha value is -3.11. The third-order valence-electron chi connectivity index (χ3n) is 3.98. The second-order valence-corrected chi connectivity index (χ2v) is 5.96. The molecule has 1 aromatic carbocycles. The van der Waals surface area contributed by atoms with E-state index in [9.17, 15) is 14.7 Å². The number of benzene rings is 1. The summed E-state index contributed by atoms with van der Waals surface area (Å²) in [6, 6.07) is 9.04. The van der Waals surface area contributed by atoms with Gasteiger partial charge in [-0.3, -0.25) is 14.3 Å². The minimum Gasteiger partial charge on any atom is -0.491 e. The van der Waals surface area contributed by atoms with Gasteiger partial charge < -0.3 is 24.8 Å². The van der Waals surface area contributed by atoms with Gasteiger partial charge in [0.05, 0.1) is 13.2 Å². The highest BCUT2D eigenvalue weighted by Crippen LogP contribution is 2.16. The van der Waals surface area contributed by atoms with E-state index >= 15 is 0 Å². The van der Waals surface area contributed by atoms with Gasteiger partial charge in [-0.2, -0.15) is 4.98 Å². The van der Waals surface area contributed by atoms with Crippen molar-refractivity contribution in [1.82, 2.24) is 19.1 Å². The normalized spacial score (nSPS) is 12.3. The first-order chi connectivity index (χ1) is 13.0. The number of nitrogens with zero attached hydrogens (tertiary/aromatic N) is 3. The van der Waals surface area contributed by atoms with Crippen molar-refractivity contribution in [3.63, 3.8) is 0 Å². The molecule has 2 aromatic heterocycles. The van der Waals surface area contributed by atoms with Crippen molar-refractivity contribution in [2.24, 2.45) is 7.05 Å². The van der Waals surface area contributed by atoms with Crippen LogP contribution in [-0.4, -0.2) is 55.2 Å². The van der Waals surface area contributed by atoms with Crippen LogP contribution in [0.4, 0.5) is 5.95 Å². The number of aryl methyl sites for hydroxylation is 1. The van der Waals surface area contributed by atoms with E-state index in [1.807, 2.05) is 18.2 Å². The fourth-order valence-electron chi connectivity index (χ4n) is 2.69. The zero-order valence-corrected chi connectivity index (χ0v) is 14.8. The van der Waals surface area contributed by atoms with E-state index in [1.165, 1.54) is 16.2 Å². The molecule has 3 rings (SSSR count). The summed E-state index contributed by atoms with van der Waals surface area (Å²) in [5.74, 6) is 0.885. The fraction of sp³-hybridized carbons (Fsp3) is 0.353. The van der Waals surface area contributed by atoms with Gasteiger partial charge in [0, 0.05) is 13.6 Å². The molecule has 1 atom stereocenters. The molecular formula is C17H21N5O5. The van der Waals surface area contributed by atoms with Crippen LogP contribution in [0.15, 0.2) is 39.9 Å². The smallest absolute Gasteiger partial charge is 0.329 e. The largest absolute Gasteiger partial charge is 0.491 e. The molecule has 10 heteroatoms. The molecule has 0 radical (unpaired) electrons. The maximum absolute atomic E-state index is 12.3. The minimum absolute atomic E-state index is 0.00674. The molecule has 0 saturated carbocycles. The molecule has 0 bridgehead atoms. The van der Waals surface area contributed by atoms with Gasteiger partial charge in [0.1, 0.15) is 18.5 Å². The first-order valence-electron chi connectivity index (χ1n) is 8.41. The summed E-state index contributed by atoms with van der Waals surface area (Å²) in [5.41, 5.74) is -0.857. The third-order valence-corrected chi connectivity index (χ3v) is 3.98. The SMILES string of the molecule is Cn1c(=O)[nH]c(=O)c2c1nc(NCCO)n2C[C@H](O)COc1ccccc1. The van der Waals surface area contributed by atoms with Crippen molar-refractivity contribution in [2.45, 2.75) is 12.6 Å². The molecule has 0 aliphatic heterocycles. The Morgan fingerprint density at radius 3 is 2.74 bits per heavy atom. The Bertz CT molecular complexity index is 1020. The number of aliphatic hydroxyl groups is 2. The van der Waals surface area contributed by atoms with E-state index in [1.54, 1.807) is 12.1 Å². The molecule has 0 unspecified atom stereocenters. The Morgan fingerprint density at radius 1 is 1.30 bits per heavy atom. The Balaban J connectivity index is 1.90. The molecule has 144 valence electrons. The van der Waals surface area contributed by atoms with Crippen LogP contribution in [0.5, 0.6) is 5.75 Å². The molecule has 0 spiro atoms. The van der Waals surface area contributed by atoms with Gasteiger partial charge in [-0.15, -0.1) is 0 Å². The molecule has 0 saturated heterocycles. The highest BCUT2D eigenvalue weighted by atomic mass is 16.5. The predicted octanol–water partition coefficient (Wildman–Crippen LogP) is -0.733. The second-order valence-electron chi connectivity index (χ2n) is 5.96. The van der Waals surface area contributed by atoms with Crippen molar-refractivity contribution >= 4 is 17.1 Å². The van der Waals surface area contributed by atoms with Crippen LogP contribution in [0.3, 0.4) is 0 Å². The lowest BCUT2D eigenvalue weighted by Crippen LogP contribution is -2.31. The van der Waals surface area contributed by atoms with Gasteiger partial charge in [-0.25, -0.2) is 4.79 Å². The van der Waals surface area contributed by atoms with E-state index in [-0.39, 0.29) is 43.4 Å². The molecule has 3 aromatic rings. The lowest BCUT2D eigenvalue weighted by atomic mass is 10.3. The molecular weight excluding hydrogens is 354 g/mol. The van der Waals surface area contributed by atoms with Crippen LogP contribution >= 0.6 is 0 Å². The number of anilines is 1. The summed E-state index contributed by atoms with van der Waals surface area (Å²) < 4.78 is 8.22. The standard InChI is InChI=1S/C17H21N5O5/c1-21-14-13(15(25)20-17(21)26)22(16(19-14)18-7-8-23)9-11(24)10-27-12-5-3-2-4-6-12/h2-6,11,23-24H,7-10H2,1H3,(H,18,19)(H,20,25,26)/t11-/m0/s1. The monoisotopic (exact) mass is 375 g/mol. The predicted molar refractivity (Wildman–Crippen MR) is 99.1 cm³/mol. The van der Waals surface area contributed by atoms with Gasteiger partial charge in [0.15, 0.2) is 11.2 Å². The molecule has 0 aliphatic carbocycles. The highest BCUT2D eigenvalue weighted by Gasteiger charge is 2.19. The molecule has 27 heavy (non-hydrogen) atoms. The van der Waals surface area contributed by atoms with Crippen LogP contribution in [-0.2, 0) is 13.6 Å². The second kappa shape index (κ2) is 8.06. The van der Waals surface area contributed by atoms with Crippen LogP contribution in [0.1, 0.15) is 0 Å². The first-order valence-corrected chi connectivity index (χ1v) is 8.41. The summed E-state index contributed by atoms with van der Waals surface area (Å²) in [4.78, 5) is 30.6. The Morgan fingerprint density at radius 2 is 2.04 bits per heavy atom. The summed E-state index contributed by atoms with van der Waals surface area (Å²) in [7, 11) is 1.49. The van der Waals surface area contributed by atoms with Crippen LogP contribution in [0.2, 0.25) is 0 Å². The number of nitrogens with one attached hydrogen (secondary N) is 2. The Labute approximate surface area is 153 Å². The molecule has 2 heterocycles. The number of hydrogen-bond donors (Lipinski definition) is 4. The maximum Gasteiger partial charge on any atom is 0.329 e. The van der Waals surface area contributed by atoms with E-state index in [0.717, 1.165) is 0 Å². The molecule has 0 fully saturated rings. The van der Waals surface area contributed by atoms with Crippen molar-refractivity contribution in [1.29, 1.82) is 0 Å². The molecule has 4 N–H and O–H groups in total. The summed E-state index contributed by atoms with van der Waals surface area (Å²) in [6.45, 7) is 0.0785. The molecule has 0 aliphatic rings. The average molecular weight is 375 g/mol. The van der Waals surface area contributed by atoms with Crippen molar-refractivity contribution < 1.29 is 14.9 Å². The maximum atomic E-state index is 12.3. The van der Waals surface area contributed by atoms with Crippen LogP contribution in [0.25, 0.3) is 11.2 Å². The third kappa shape index (κ3) is 4.01. The number of fused-ring (bicyclic) bond motifs is 1. The number of ether oxygens (including phenoxy) is 1. The van der Waals surface area contributed by atoms with Crippen molar-refractivity contribution in [2.75, 3.05) is 25.1 Å². The highest BCUT2D eigenvalue weighted by molar-refractivity contribution is 5.74. The number of aromatic nitrogens is 4. The lowest BCUT2D eigenvalue weighted by molar-refractivity contribution is 0.0938. The summed E-state index contributed by atoms with van der Waals surface area (Å²) >= 11 is 0. The topological polar surface area (TPSA) is 134 Å². The number of H-pyrrole nitrogens is 1. The zero-order chi connectivity index (χ0) is 19.4. The minimum atomic E-state index is -0.936. The van der Waals surface area contributed by atoms with Gasteiger partial charge >= 0.3 is 5.69 Å². The van der Waals surface area contributed by atoms with Gasteiger partial charge in [0.25, 0.3) is 5.56 Å². The number of aromatic amines is 1. The van der Waals surface area contributed by atoms with E-state index in [0.29, 0.717) is 5.75 Å².